The molecule has 0 aliphatic heterocycles. The summed E-state index contributed by atoms with van der Waals surface area (Å²) in [5, 5.41) is 0. The van der Waals surface area contributed by atoms with Crippen LogP contribution in [0.2, 0.25) is 0 Å². The maximum absolute atomic E-state index is 11.8. The van der Waals surface area contributed by atoms with Crippen molar-refractivity contribution in [1.82, 2.24) is 9.55 Å². The predicted molar refractivity (Wildman–Crippen MR) is 64.1 cm³/mol. The molecule has 2 N–H and O–H groups in total. The highest BCUT2D eigenvalue weighted by Gasteiger charge is 2.13. The Morgan fingerprint density at radius 3 is 2.88 bits per heavy atom. The van der Waals surface area contributed by atoms with E-state index < -0.39 is 0 Å². The molecule has 0 aromatic carbocycles. The summed E-state index contributed by atoms with van der Waals surface area (Å²) < 4.78 is 2.00. The van der Waals surface area contributed by atoms with Gasteiger partial charge in [0.15, 0.2) is 0 Å². The highest BCUT2D eigenvalue weighted by Crippen LogP contribution is 2.09. The second-order valence-corrected chi connectivity index (χ2v) is 4.06. The topological polar surface area (TPSA) is 60.9 Å². The lowest BCUT2D eigenvalue weighted by atomic mass is 9.98. The zero-order valence-corrected chi connectivity index (χ0v) is 10.1. The summed E-state index contributed by atoms with van der Waals surface area (Å²) in [4.78, 5) is 16.0. The van der Waals surface area contributed by atoms with Crippen LogP contribution >= 0.6 is 0 Å². The summed E-state index contributed by atoms with van der Waals surface area (Å²) in [5.74, 6) is 1.41. The van der Waals surface area contributed by atoms with E-state index in [0.29, 0.717) is 25.3 Å². The van der Waals surface area contributed by atoms with Crippen LogP contribution < -0.4 is 5.73 Å². The molecular formula is C12H21N3O. The standard InChI is InChI=1S/C12H21N3O/c1-3-10(9-13)7-11(16)8-12-14-5-6-15(12)4-2/h5-6,10H,3-4,7-9,13H2,1-2H3. The van der Waals surface area contributed by atoms with E-state index in [0.717, 1.165) is 18.8 Å². The molecule has 1 aromatic heterocycles. The van der Waals surface area contributed by atoms with E-state index >= 15 is 0 Å². The molecule has 4 heteroatoms. The predicted octanol–water partition coefficient (Wildman–Crippen LogP) is 1.39. The average molecular weight is 223 g/mol. The molecule has 0 saturated carbocycles. The molecule has 0 aliphatic carbocycles. The summed E-state index contributed by atoms with van der Waals surface area (Å²) >= 11 is 0. The number of aromatic nitrogens is 2. The molecule has 1 rings (SSSR count). The maximum Gasteiger partial charge on any atom is 0.140 e. The number of rotatable bonds is 7. The number of carbonyl (C=O) groups excluding carboxylic acids is 1. The van der Waals surface area contributed by atoms with Gasteiger partial charge in [-0.15, -0.1) is 0 Å². The van der Waals surface area contributed by atoms with Crippen molar-refractivity contribution in [2.24, 2.45) is 11.7 Å². The lowest BCUT2D eigenvalue weighted by Gasteiger charge is -2.11. The summed E-state index contributed by atoms with van der Waals surface area (Å²) in [6.45, 7) is 5.56. The number of imidazole rings is 1. The van der Waals surface area contributed by atoms with E-state index in [-0.39, 0.29) is 5.78 Å². The largest absolute Gasteiger partial charge is 0.335 e. The van der Waals surface area contributed by atoms with Gasteiger partial charge in [0.25, 0.3) is 0 Å². The third-order valence-electron chi connectivity index (χ3n) is 2.92. The average Bonchev–Trinajstić information content (AvgIpc) is 2.73. The summed E-state index contributed by atoms with van der Waals surface area (Å²) in [7, 11) is 0. The lowest BCUT2D eigenvalue weighted by Crippen LogP contribution is -2.19. The minimum Gasteiger partial charge on any atom is -0.335 e. The summed E-state index contributed by atoms with van der Waals surface area (Å²) in [6, 6.07) is 0. The number of Topliss-reactive ketones (excluding diaryl/α,β-unsaturated/α-hetero) is 1. The van der Waals surface area contributed by atoms with Crippen LogP contribution in [0.5, 0.6) is 0 Å². The summed E-state index contributed by atoms with van der Waals surface area (Å²) in [5.41, 5.74) is 5.59. The molecule has 1 atom stereocenters. The Morgan fingerprint density at radius 1 is 1.56 bits per heavy atom. The lowest BCUT2D eigenvalue weighted by molar-refractivity contribution is -0.119. The van der Waals surface area contributed by atoms with Crippen molar-refractivity contribution in [2.45, 2.75) is 39.7 Å². The van der Waals surface area contributed by atoms with E-state index in [1.54, 1.807) is 6.20 Å². The number of aryl methyl sites for hydroxylation is 1. The van der Waals surface area contributed by atoms with Crippen LogP contribution in [0.15, 0.2) is 12.4 Å². The zero-order valence-electron chi connectivity index (χ0n) is 10.1. The van der Waals surface area contributed by atoms with Gasteiger partial charge in [0.05, 0.1) is 6.42 Å². The molecule has 0 saturated heterocycles. The second kappa shape index (κ2) is 6.43. The fraction of sp³-hybridized carbons (Fsp3) is 0.667. The first-order valence-corrected chi connectivity index (χ1v) is 5.93. The normalized spacial score (nSPS) is 12.7. The molecule has 90 valence electrons. The highest BCUT2D eigenvalue weighted by atomic mass is 16.1. The minimum absolute atomic E-state index is 0.234. The molecule has 1 unspecified atom stereocenters. The summed E-state index contributed by atoms with van der Waals surface area (Å²) in [6.07, 6.45) is 5.61. The SMILES string of the molecule is CCC(CN)CC(=O)Cc1nccn1CC. The third kappa shape index (κ3) is 3.45. The molecule has 0 spiro atoms. The van der Waals surface area contributed by atoms with Gasteiger partial charge in [-0.1, -0.05) is 13.3 Å². The van der Waals surface area contributed by atoms with Gasteiger partial charge in [-0.3, -0.25) is 4.79 Å². The van der Waals surface area contributed by atoms with Crippen LogP contribution in [-0.4, -0.2) is 21.9 Å². The molecule has 0 amide bonds. The van der Waals surface area contributed by atoms with Crippen molar-refractivity contribution in [3.63, 3.8) is 0 Å². The number of ketones is 1. The molecular weight excluding hydrogens is 202 g/mol. The van der Waals surface area contributed by atoms with Gasteiger partial charge in [0.1, 0.15) is 11.6 Å². The minimum atomic E-state index is 0.234. The Labute approximate surface area is 96.9 Å². The highest BCUT2D eigenvalue weighted by molar-refractivity contribution is 5.80. The Kier molecular flexibility index (Phi) is 5.19. The molecule has 0 radical (unpaired) electrons. The van der Waals surface area contributed by atoms with Crippen molar-refractivity contribution in [2.75, 3.05) is 6.54 Å². The van der Waals surface area contributed by atoms with Crippen molar-refractivity contribution in [3.05, 3.63) is 18.2 Å². The van der Waals surface area contributed by atoms with E-state index in [4.69, 9.17) is 5.73 Å². The van der Waals surface area contributed by atoms with Gasteiger partial charge < -0.3 is 10.3 Å². The Morgan fingerprint density at radius 2 is 2.31 bits per heavy atom. The molecule has 0 aliphatic rings. The Hall–Kier alpha value is -1.16. The van der Waals surface area contributed by atoms with Crippen molar-refractivity contribution >= 4 is 5.78 Å². The first-order valence-electron chi connectivity index (χ1n) is 5.93. The number of nitrogens with zero attached hydrogens (tertiary/aromatic N) is 2. The number of carbonyl (C=O) groups is 1. The van der Waals surface area contributed by atoms with Gasteiger partial charge >= 0.3 is 0 Å². The number of hydrogen-bond donors (Lipinski definition) is 1. The Bertz CT molecular complexity index is 329. The first-order chi connectivity index (χ1) is 7.71. The van der Waals surface area contributed by atoms with Crippen LogP contribution in [0.1, 0.15) is 32.5 Å². The Balaban J connectivity index is 2.51. The van der Waals surface area contributed by atoms with Crippen LogP contribution in [-0.2, 0) is 17.8 Å². The van der Waals surface area contributed by atoms with Crippen molar-refractivity contribution in [3.8, 4) is 0 Å². The van der Waals surface area contributed by atoms with Gasteiger partial charge in [0, 0.05) is 25.4 Å². The molecule has 0 fully saturated rings. The van der Waals surface area contributed by atoms with Crippen molar-refractivity contribution < 1.29 is 4.79 Å². The van der Waals surface area contributed by atoms with Crippen LogP contribution in [0.3, 0.4) is 0 Å². The van der Waals surface area contributed by atoms with Crippen LogP contribution in [0.25, 0.3) is 0 Å². The number of nitrogens with two attached hydrogens (primary N) is 1. The smallest absolute Gasteiger partial charge is 0.140 e. The van der Waals surface area contributed by atoms with Crippen LogP contribution in [0, 0.1) is 5.92 Å². The molecule has 1 aromatic rings. The first kappa shape index (κ1) is 12.9. The molecule has 16 heavy (non-hydrogen) atoms. The second-order valence-electron chi connectivity index (χ2n) is 4.06. The molecule has 0 bridgehead atoms. The zero-order chi connectivity index (χ0) is 12.0. The molecule has 4 nitrogen and oxygen atoms in total. The van der Waals surface area contributed by atoms with Gasteiger partial charge in [0.2, 0.25) is 0 Å². The maximum atomic E-state index is 11.8. The van der Waals surface area contributed by atoms with E-state index in [1.165, 1.54) is 0 Å². The fourth-order valence-corrected chi connectivity index (χ4v) is 1.76. The van der Waals surface area contributed by atoms with Gasteiger partial charge in [-0.05, 0) is 19.4 Å². The monoisotopic (exact) mass is 223 g/mol. The van der Waals surface area contributed by atoms with Crippen LogP contribution in [0.4, 0.5) is 0 Å². The van der Waals surface area contributed by atoms with E-state index in [1.807, 2.05) is 17.7 Å². The van der Waals surface area contributed by atoms with E-state index in [2.05, 4.69) is 11.9 Å². The van der Waals surface area contributed by atoms with Gasteiger partial charge in [-0.25, -0.2) is 4.98 Å². The van der Waals surface area contributed by atoms with Crippen molar-refractivity contribution in [1.29, 1.82) is 0 Å². The number of hydrogen-bond acceptors (Lipinski definition) is 3. The van der Waals surface area contributed by atoms with E-state index in [9.17, 15) is 4.79 Å². The molecule has 1 heterocycles. The fourth-order valence-electron chi connectivity index (χ4n) is 1.76. The third-order valence-corrected chi connectivity index (χ3v) is 2.92. The quantitative estimate of drug-likeness (QED) is 0.760. The van der Waals surface area contributed by atoms with Gasteiger partial charge in [-0.2, -0.15) is 0 Å².